The molecule has 1 fully saturated rings. The first-order valence-corrected chi connectivity index (χ1v) is 20.2. The second-order valence-corrected chi connectivity index (χ2v) is 17.0. The summed E-state index contributed by atoms with van der Waals surface area (Å²) in [4.78, 5) is 21.0. The van der Waals surface area contributed by atoms with Crippen LogP contribution < -0.4 is 19.1 Å². The van der Waals surface area contributed by atoms with Crippen LogP contribution in [0.1, 0.15) is 47.9 Å². The zero-order valence-corrected chi connectivity index (χ0v) is 32.9. The van der Waals surface area contributed by atoms with Crippen LogP contribution in [0.5, 0.6) is 17.2 Å². The Morgan fingerprint density at radius 3 is 2.17 bits per heavy atom. The Balaban J connectivity index is 1.27. The molecule has 10 nitrogen and oxygen atoms in total. The first-order chi connectivity index (χ1) is 26.0. The number of methoxy groups -OCH3 is 2. The fourth-order valence-corrected chi connectivity index (χ4v) is 9.85. The van der Waals surface area contributed by atoms with Crippen molar-refractivity contribution in [3.05, 3.63) is 112 Å². The molecule has 12 heteroatoms. The number of halogens is 1. The van der Waals surface area contributed by atoms with Crippen molar-refractivity contribution in [1.82, 2.24) is 9.37 Å². The summed E-state index contributed by atoms with van der Waals surface area (Å²) in [6.07, 6.45) is 4.49. The van der Waals surface area contributed by atoms with Gasteiger partial charge in [0.25, 0.3) is 0 Å². The Labute approximate surface area is 323 Å². The minimum atomic E-state index is -4.05. The second kappa shape index (κ2) is 15.8. The van der Waals surface area contributed by atoms with Gasteiger partial charge >= 0.3 is 0 Å². The van der Waals surface area contributed by atoms with Crippen molar-refractivity contribution >= 4 is 33.2 Å². The summed E-state index contributed by atoms with van der Waals surface area (Å²) in [6.45, 7) is 1.92. The molecule has 0 unspecified atom stereocenters. The van der Waals surface area contributed by atoms with Crippen molar-refractivity contribution in [2.24, 2.45) is 11.8 Å². The van der Waals surface area contributed by atoms with Gasteiger partial charge in [-0.1, -0.05) is 41.9 Å². The lowest BCUT2D eigenvalue weighted by Gasteiger charge is -2.44. The minimum absolute atomic E-state index is 0.0450. The van der Waals surface area contributed by atoms with Gasteiger partial charge in [0.15, 0.2) is 0 Å². The number of carbonyl (C=O) groups excluding carboxylic acids is 1. The topological polar surface area (TPSA) is 97.9 Å². The van der Waals surface area contributed by atoms with E-state index in [9.17, 15) is 13.2 Å². The lowest BCUT2D eigenvalue weighted by molar-refractivity contribution is -0.178. The van der Waals surface area contributed by atoms with E-state index in [0.717, 1.165) is 43.2 Å². The maximum atomic E-state index is 14.8. The fourth-order valence-electron chi connectivity index (χ4n) is 8.22. The lowest BCUT2D eigenvalue weighted by atomic mass is 9.69. The standard InChI is InChI=1S/C42H48ClN3O7S/c1-44(52-4)41(47)37-18-11-32(37)26-45-27-42(21-5-6-31-22-33(43)12-19-38(31)42)28-53-40-20-17-36(23-39(40)45)54(48,49)46(24-29-7-13-34(50-2)14-8-29)25-30-9-15-35(51-3)16-10-30/h7-10,12-17,19-20,22-23,32,37H,5-6,11,18,21,24-28H2,1-4H3/t32-,37+,42-/m0/s1. The predicted octanol–water partition coefficient (Wildman–Crippen LogP) is 7.27. The Kier molecular flexibility index (Phi) is 11.1. The largest absolute Gasteiger partial charge is 0.497 e. The molecule has 0 bridgehead atoms. The molecule has 1 aliphatic heterocycles. The predicted molar refractivity (Wildman–Crippen MR) is 209 cm³/mol. The van der Waals surface area contributed by atoms with Crippen LogP contribution in [0.3, 0.4) is 0 Å². The molecule has 4 aromatic carbocycles. The summed E-state index contributed by atoms with van der Waals surface area (Å²) < 4.78 is 48.6. The molecule has 1 saturated carbocycles. The molecule has 2 aliphatic carbocycles. The van der Waals surface area contributed by atoms with Crippen molar-refractivity contribution in [3.8, 4) is 17.2 Å². The Morgan fingerprint density at radius 1 is 0.907 bits per heavy atom. The van der Waals surface area contributed by atoms with E-state index < -0.39 is 10.0 Å². The summed E-state index contributed by atoms with van der Waals surface area (Å²) in [5.41, 5.74) is 4.45. The first kappa shape index (κ1) is 38.0. The van der Waals surface area contributed by atoms with E-state index in [1.54, 1.807) is 39.5 Å². The van der Waals surface area contributed by atoms with Gasteiger partial charge in [-0.3, -0.25) is 9.63 Å². The van der Waals surface area contributed by atoms with Crippen LogP contribution in [0.25, 0.3) is 0 Å². The number of fused-ring (bicyclic) bond motifs is 3. The van der Waals surface area contributed by atoms with Crippen LogP contribution >= 0.6 is 11.6 Å². The van der Waals surface area contributed by atoms with E-state index in [4.69, 9.17) is 30.6 Å². The number of hydrogen-bond donors (Lipinski definition) is 0. The summed E-state index contributed by atoms with van der Waals surface area (Å²) >= 11 is 6.47. The molecular formula is C42H48ClN3O7S. The average Bonchev–Trinajstić information content (AvgIpc) is 3.32. The molecule has 286 valence electrons. The molecule has 3 atom stereocenters. The van der Waals surface area contributed by atoms with E-state index in [-0.39, 0.29) is 41.1 Å². The number of rotatable bonds is 12. The van der Waals surface area contributed by atoms with Crippen LogP contribution in [0.15, 0.2) is 89.8 Å². The molecule has 1 amide bonds. The van der Waals surface area contributed by atoms with Gasteiger partial charge in [-0.15, -0.1) is 0 Å². The zero-order valence-electron chi connectivity index (χ0n) is 31.3. The summed E-state index contributed by atoms with van der Waals surface area (Å²) in [5.74, 6) is 1.84. The summed E-state index contributed by atoms with van der Waals surface area (Å²) in [6, 6.07) is 26.2. The third-order valence-corrected chi connectivity index (χ3v) is 13.5. The van der Waals surface area contributed by atoms with Crippen LogP contribution in [0.4, 0.5) is 5.69 Å². The SMILES string of the molecule is COc1ccc(CN(Cc2ccc(OC)cc2)S(=O)(=O)c2ccc3c(c2)N(C[C@@H]2CC[C@H]2C(=O)N(C)OC)C[C@@]2(CCCc4cc(Cl)ccc42)CO3)cc1. The van der Waals surface area contributed by atoms with Crippen molar-refractivity contribution in [2.45, 2.75) is 55.5 Å². The third kappa shape index (κ3) is 7.64. The van der Waals surface area contributed by atoms with Crippen LogP contribution in [0.2, 0.25) is 5.02 Å². The number of carbonyl (C=O) groups is 1. The first-order valence-electron chi connectivity index (χ1n) is 18.4. The molecule has 54 heavy (non-hydrogen) atoms. The average molecular weight is 774 g/mol. The number of hydrogen-bond acceptors (Lipinski definition) is 8. The van der Waals surface area contributed by atoms with E-state index >= 15 is 0 Å². The van der Waals surface area contributed by atoms with Gasteiger partial charge in [-0.25, -0.2) is 13.5 Å². The summed E-state index contributed by atoms with van der Waals surface area (Å²) in [7, 11) is 2.30. The maximum Gasteiger partial charge on any atom is 0.249 e. The van der Waals surface area contributed by atoms with Gasteiger partial charge in [-0.05, 0) is 115 Å². The van der Waals surface area contributed by atoms with Crippen LogP contribution in [-0.4, -0.2) is 71.8 Å². The Hall–Kier alpha value is -4.29. The molecular weight excluding hydrogens is 726 g/mol. The third-order valence-electron chi connectivity index (χ3n) is 11.5. The minimum Gasteiger partial charge on any atom is -0.497 e. The highest BCUT2D eigenvalue weighted by Gasteiger charge is 2.45. The van der Waals surface area contributed by atoms with Crippen LogP contribution in [-0.2, 0) is 44.6 Å². The van der Waals surface area contributed by atoms with Crippen molar-refractivity contribution in [1.29, 1.82) is 0 Å². The molecule has 0 N–H and O–H groups in total. The van der Waals surface area contributed by atoms with Crippen molar-refractivity contribution in [3.63, 3.8) is 0 Å². The van der Waals surface area contributed by atoms with E-state index in [1.165, 1.54) is 27.6 Å². The lowest BCUT2D eigenvalue weighted by Crippen LogP contribution is -2.50. The number of benzene rings is 4. The van der Waals surface area contributed by atoms with E-state index in [0.29, 0.717) is 47.7 Å². The molecule has 3 aliphatic rings. The highest BCUT2D eigenvalue weighted by molar-refractivity contribution is 7.89. The smallest absolute Gasteiger partial charge is 0.249 e. The number of ether oxygens (including phenoxy) is 3. The fraction of sp³-hybridized carbons (Fsp3) is 0.405. The van der Waals surface area contributed by atoms with Gasteiger partial charge in [0.05, 0.1) is 38.5 Å². The molecule has 0 aromatic heterocycles. The number of hydroxylamine groups is 2. The quantitative estimate of drug-likeness (QED) is 0.139. The monoisotopic (exact) mass is 773 g/mol. The van der Waals surface area contributed by atoms with Gasteiger partial charge in [-0.2, -0.15) is 4.31 Å². The van der Waals surface area contributed by atoms with Gasteiger partial charge < -0.3 is 19.1 Å². The van der Waals surface area contributed by atoms with E-state index in [2.05, 4.69) is 17.0 Å². The maximum absolute atomic E-state index is 14.8. The number of nitrogens with zero attached hydrogens (tertiary/aromatic N) is 3. The molecule has 0 radical (unpaired) electrons. The highest BCUT2D eigenvalue weighted by atomic mass is 35.5. The second-order valence-electron chi connectivity index (χ2n) is 14.7. The molecule has 7 rings (SSSR count). The summed E-state index contributed by atoms with van der Waals surface area (Å²) in [5, 5.41) is 2.02. The molecule has 0 saturated heterocycles. The normalized spacial score (nSPS) is 20.7. The number of anilines is 1. The van der Waals surface area contributed by atoms with Crippen molar-refractivity contribution < 1.29 is 32.3 Å². The van der Waals surface area contributed by atoms with Gasteiger partial charge in [0.2, 0.25) is 15.9 Å². The Bertz CT molecular complexity index is 2030. The number of amides is 1. The van der Waals surface area contributed by atoms with Gasteiger partial charge in [0, 0.05) is 49.6 Å². The Morgan fingerprint density at radius 2 is 1.57 bits per heavy atom. The van der Waals surface area contributed by atoms with Crippen molar-refractivity contribution in [2.75, 3.05) is 53.0 Å². The number of aryl methyl sites for hydroxylation is 1. The van der Waals surface area contributed by atoms with Crippen LogP contribution in [0, 0.1) is 11.8 Å². The molecule has 1 spiro atoms. The molecule has 4 aromatic rings. The molecule has 1 heterocycles. The zero-order chi connectivity index (χ0) is 38.0. The highest BCUT2D eigenvalue weighted by Crippen LogP contribution is 2.47. The number of sulfonamides is 1. The van der Waals surface area contributed by atoms with E-state index in [1.807, 2.05) is 54.6 Å². The van der Waals surface area contributed by atoms with Gasteiger partial charge in [0.1, 0.15) is 17.2 Å².